The van der Waals surface area contributed by atoms with E-state index in [1.54, 1.807) is 12.1 Å². The molecule has 0 aliphatic rings. The second-order valence-electron chi connectivity index (χ2n) is 4.28. The Morgan fingerprint density at radius 2 is 2.20 bits per heavy atom. The van der Waals surface area contributed by atoms with Gasteiger partial charge >= 0.3 is 5.97 Å². The van der Waals surface area contributed by atoms with Crippen LogP contribution in [0.5, 0.6) is 0 Å². The summed E-state index contributed by atoms with van der Waals surface area (Å²) in [7, 11) is 1.32. The van der Waals surface area contributed by atoms with E-state index in [1.165, 1.54) is 7.11 Å². The van der Waals surface area contributed by atoms with E-state index >= 15 is 0 Å². The first-order valence-electron chi connectivity index (χ1n) is 6.15. The van der Waals surface area contributed by atoms with Gasteiger partial charge < -0.3 is 14.5 Å². The van der Waals surface area contributed by atoms with Crippen molar-refractivity contribution in [2.75, 3.05) is 12.4 Å². The van der Waals surface area contributed by atoms with E-state index in [-0.39, 0.29) is 11.8 Å². The Kier molecular flexibility index (Phi) is 4.11. The van der Waals surface area contributed by atoms with Crippen LogP contribution in [0.2, 0.25) is 0 Å². The molecule has 20 heavy (non-hydrogen) atoms. The molecular weight excluding hydrogens is 254 g/mol. The average Bonchev–Trinajstić information content (AvgIpc) is 2.96. The fourth-order valence-electron chi connectivity index (χ4n) is 1.82. The van der Waals surface area contributed by atoms with Crippen LogP contribution in [0.25, 0.3) is 0 Å². The zero-order chi connectivity index (χ0) is 14.5. The second-order valence-corrected chi connectivity index (χ2v) is 4.28. The maximum absolute atomic E-state index is 11.3. The molecule has 102 valence electrons. The Morgan fingerprint density at radius 1 is 1.40 bits per heavy atom. The highest BCUT2D eigenvalue weighted by atomic mass is 16.5. The van der Waals surface area contributed by atoms with Crippen molar-refractivity contribution in [2.45, 2.75) is 13.0 Å². The Morgan fingerprint density at radius 3 is 2.90 bits per heavy atom. The summed E-state index contributed by atoms with van der Waals surface area (Å²) >= 11 is 0. The summed E-state index contributed by atoms with van der Waals surface area (Å²) in [4.78, 5) is 11.3. The summed E-state index contributed by atoms with van der Waals surface area (Å²) in [6.07, 6.45) is 5.36. The number of methoxy groups -OCH3 is 1. The molecule has 2 rings (SSSR count). The van der Waals surface area contributed by atoms with Crippen LogP contribution in [0.1, 0.15) is 34.8 Å². The van der Waals surface area contributed by atoms with Crippen molar-refractivity contribution in [3.63, 3.8) is 0 Å². The quantitative estimate of drug-likeness (QED) is 0.684. The van der Waals surface area contributed by atoms with Crippen LogP contribution < -0.4 is 5.32 Å². The summed E-state index contributed by atoms with van der Waals surface area (Å²) in [5.74, 6) is 2.93. The molecule has 1 unspecified atom stereocenters. The highest BCUT2D eigenvalue weighted by molar-refractivity contribution is 5.86. The Bertz CT molecular complexity index is 652. The van der Waals surface area contributed by atoms with Crippen LogP contribution in [0.3, 0.4) is 0 Å². The molecule has 4 nitrogen and oxygen atoms in total. The van der Waals surface area contributed by atoms with Gasteiger partial charge in [-0.3, -0.25) is 0 Å². The molecule has 0 amide bonds. The molecule has 0 saturated carbocycles. The molecular formula is C16H15NO3. The highest BCUT2D eigenvalue weighted by Gasteiger charge is 2.15. The molecule has 0 aliphatic heterocycles. The molecule has 1 aromatic heterocycles. The number of anilines is 1. The monoisotopic (exact) mass is 269 g/mol. The van der Waals surface area contributed by atoms with Gasteiger partial charge in [-0.2, -0.15) is 0 Å². The molecule has 0 spiro atoms. The zero-order valence-electron chi connectivity index (χ0n) is 11.3. The number of esters is 1. The van der Waals surface area contributed by atoms with Crippen LogP contribution in [-0.4, -0.2) is 13.1 Å². The lowest BCUT2D eigenvalue weighted by atomic mass is 10.2. The van der Waals surface area contributed by atoms with Crippen molar-refractivity contribution in [1.29, 1.82) is 0 Å². The van der Waals surface area contributed by atoms with E-state index in [0.717, 1.165) is 11.3 Å². The van der Waals surface area contributed by atoms with Crippen LogP contribution in [0.15, 0.2) is 40.8 Å². The molecule has 1 atom stereocenters. The predicted molar refractivity (Wildman–Crippen MR) is 76.5 cm³/mol. The first-order chi connectivity index (χ1) is 9.63. The topological polar surface area (TPSA) is 51.5 Å². The molecule has 0 aliphatic carbocycles. The third-order valence-electron chi connectivity index (χ3n) is 2.85. The fourth-order valence-corrected chi connectivity index (χ4v) is 1.82. The minimum atomic E-state index is -0.488. The van der Waals surface area contributed by atoms with Gasteiger partial charge in [-0.1, -0.05) is 12.0 Å². The van der Waals surface area contributed by atoms with Crippen LogP contribution >= 0.6 is 0 Å². The number of ether oxygens (including phenoxy) is 1. The Labute approximate surface area is 117 Å². The van der Waals surface area contributed by atoms with E-state index in [2.05, 4.69) is 16.0 Å². The van der Waals surface area contributed by atoms with Crippen molar-refractivity contribution in [1.82, 2.24) is 0 Å². The third-order valence-corrected chi connectivity index (χ3v) is 2.85. The minimum Gasteiger partial charge on any atom is -0.463 e. The summed E-state index contributed by atoms with van der Waals surface area (Å²) in [6, 6.07) is 10.8. The molecule has 0 fully saturated rings. The van der Waals surface area contributed by atoms with Crippen LogP contribution in [0.4, 0.5) is 5.69 Å². The zero-order valence-corrected chi connectivity index (χ0v) is 11.3. The maximum Gasteiger partial charge on any atom is 0.373 e. The van der Waals surface area contributed by atoms with Crippen LogP contribution in [-0.2, 0) is 4.74 Å². The number of rotatable bonds is 4. The molecule has 1 aromatic carbocycles. The maximum atomic E-state index is 11.3. The van der Waals surface area contributed by atoms with Gasteiger partial charge in [-0.05, 0) is 37.3 Å². The van der Waals surface area contributed by atoms with Gasteiger partial charge in [0.1, 0.15) is 5.76 Å². The van der Waals surface area contributed by atoms with Crippen LogP contribution in [0, 0.1) is 12.3 Å². The van der Waals surface area contributed by atoms with E-state index in [1.807, 2.05) is 31.2 Å². The number of hydrogen-bond acceptors (Lipinski definition) is 4. The number of carbonyl (C=O) groups excluding carboxylic acids is 1. The first-order valence-corrected chi connectivity index (χ1v) is 6.15. The SMILES string of the molecule is C#Cc1cccc(NC(C)c2ccc(C(=O)OC)o2)c1. The molecule has 4 heteroatoms. The molecule has 0 bridgehead atoms. The number of furan rings is 1. The summed E-state index contributed by atoms with van der Waals surface area (Å²) in [5, 5.41) is 3.26. The first kappa shape index (κ1) is 13.8. The van der Waals surface area contributed by atoms with Crippen molar-refractivity contribution >= 4 is 11.7 Å². The lowest BCUT2D eigenvalue weighted by molar-refractivity contribution is 0.0562. The predicted octanol–water partition coefficient (Wildman–Crippen LogP) is 3.22. The van der Waals surface area contributed by atoms with Gasteiger partial charge in [0, 0.05) is 11.3 Å². The molecule has 0 saturated heterocycles. The Hall–Kier alpha value is -2.67. The average molecular weight is 269 g/mol. The van der Waals surface area contributed by atoms with Crippen molar-refractivity contribution < 1.29 is 13.9 Å². The normalized spacial score (nSPS) is 11.4. The molecule has 1 N–H and O–H groups in total. The summed E-state index contributed by atoms with van der Waals surface area (Å²) < 4.78 is 10.1. The summed E-state index contributed by atoms with van der Waals surface area (Å²) in [6.45, 7) is 1.93. The number of terminal acetylenes is 1. The molecule has 0 radical (unpaired) electrons. The molecule has 2 aromatic rings. The van der Waals surface area contributed by atoms with Gasteiger partial charge in [0.25, 0.3) is 0 Å². The van der Waals surface area contributed by atoms with Crippen molar-refractivity contribution in [3.8, 4) is 12.3 Å². The smallest absolute Gasteiger partial charge is 0.373 e. The van der Waals surface area contributed by atoms with Gasteiger partial charge in [-0.25, -0.2) is 4.79 Å². The van der Waals surface area contributed by atoms with E-state index in [4.69, 9.17) is 10.8 Å². The van der Waals surface area contributed by atoms with E-state index < -0.39 is 5.97 Å². The number of hydrogen-bond donors (Lipinski definition) is 1. The summed E-state index contributed by atoms with van der Waals surface area (Å²) in [5.41, 5.74) is 1.70. The van der Waals surface area contributed by atoms with E-state index in [9.17, 15) is 4.79 Å². The highest BCUT2D eigenvalue weighted by Crippen LogP contribution is 2.22. The number of nitrogens with one attached hydrogen (secondary N) is 1. The fraction of sp³-hybridized carbons (Fsp3) is 0.188. The third kappa shape index (κ3) is 3.01. The second kappa shape index (κ2) is 5.98. The van der Waals surface area contributed by atoms with Gasteiger partial charge in [0.2, 0.25) is 5.76 Å². The lowest BCUT2D eigenvalue weighted by Gasteiger charge is -2.13. The van der Waals surface area contributed by atoms with Crippen molar-refractivity contribution in [3.05, 3.63) is 53.5 Å². The molecule has 1 heterocycles. The van der Waals surface area contributed by atoms with E-state index in [0.29, 0.717) is 5.76 Å². The Balaban J connectivity index is 2.11. The van der Waals surface area contributed by atoms with Gasteiger partial charge in [0.05, 0.1) is 13.2 Å². The van der Waals surface area contributed by atoms with Crippen molar-refractivity contribution in [2.24, 2.45) is 0 Å². The van der Waals surface area contributed by atoms with Gasteiger partial charge in [0.15, 0.2) is 0 Å². The minimum absolute atomic E-state index is 0.0959. The standard InChI is InChI=1S/C16H15NO3/c1-4-12-6-5-7-13(10-12)17-11(2)14-8-9-15(20-14)16(18)19-3/h1,5-11,17H,2-3H3. The lowest BCUT2D eigenvalue weighted by Crippen LogP contribution is -2.06. The van der Waals surface area contributed by atoms with Gasteiger partial charge in [-0.15, -0.1) is 6.42 Å². The number of benzene rings is 1. The number of carbonyl (C=O) groups is 1. The largest absolute Gasteiger partial charge is 0.463 e.